The summed E-state index contributed by atoms with van der Waals surface area (Å²) in [7, 11) is -3.50. The summed E-state index contributed by atoms with van der Waals surface area (Å²) in [5, 5.41) is 0.546. The summed E-state index contributed by atoms with van der Waals surface area (Å²) < 4.78 is 27.0. The van der Waals surface area contributed by atoms with E-state index in [9.17, 15) is 13.2 Å². The number of aromatic amines is 1. The number of aromatic nitrogens is 2. The lowest BCUT2D eigenvalue weighted by molar-refractivity contribution is 0.607. The summed E-state index contributed by atoms with van der Waals surface area (Å²) in [6.07, 6.45) is 2.70. The molecule has 2 heterocycles. The maximum Gasteiger partial charge on any atom is 0.283 e. The molecule has 1 unspecified atom stereocenters. The van der Waals surface area contributed by atoms with Crippen molar-refractivity contribution in [3.63, 3.8) is 0 Å². The molecule has 0 aliphatic carbocycles. The summed E-state index contributed by atoms with van der Waals surface area (Å²) in [5.41, 5.74) is 2.22. The van der Waals surface area contributed by atoms with Crippen LogP contribution in [0.5, 0.6) is 0 Å². The van der Waals surface area contributed by atoms with Crippen LogP contribution >= 0.6 is 27.5 Å². The molecular weight excluding hydrogens is 554 g/mol. The maximum atomic E-state index is 13.1. The Morgan fingerprint density at radius 1 is 1.00 bits per heavy atom. The molecule has 0 spiro atoms. The highest BCUT2D eigenvalue weighted by molar-refractivity contribution is 9.10. The van der Waals surface area contributed by atoms with Crippen LogP contribution in [0.4, 0.5) is 28.6 Å². The first-order chi connectivity index (χ1) is 16.7. The van der Waals surface area contributed by atoms with E-state index in [1.165, 1.54) is 0 Å². The van der Waals surface area contributed by atoms with Crippen LogP contribution in [-0.4, -0.2) is 31.0 Å². The van der Waals surface area contributed by atoms with Crippen LogP contribution in [0.15, 0.2) is 87.1 Å². The Labute approximate surface area is 214 Å². The van der Waals surface area contributed by atoms with Crippen molar-refractivity contribution in [3.05, 3.63) is 92.6 Å². The van der Waals surface area contributed by atoms with Crippen molar-refractivity contribution in [1.29, 1.82) is 0 Å². The molecule has 5 rings (SSSR count). The van der Waals surface area contributed by atoms with E-state index in [1.807, 2.05) is 42.5 Å². The van der Waals surface area contributed by atoms with Crippen molar-refractivity contribution in [3.8, 4) is 11.4 Å². The van der Waals surface area contributed by atoms with Gasteiger partial charge in [0, 0.05) is 39.3 Å². The summed E-state index contributed by atoms with van der Waals surface area (Å²) in [6.45, 7) is 0. The number of aliphatic imine (C=N–C) groups is 1. The van der Waals surface area contributed by atoms with Gasteiger partial charge in [0.15, 0.2) is 5.69 Å². The van der Waals surface area contributed by atoms with Crippen LogP contribution in [0, 0.1) is 0 Å². The Hall–Kier alpha value is -3.31. The van der Waals surface area contributed by atoms with Crippen molar-refractivity contribution in [2.75, 3.05) is 11.0 Å². The van der Waals surface area contributed by atoms with Crippen molar-refractivity contribution >= 4 is 72.5 Å². The van der Waals surface area contributed by atoms with E-state index in [-0.39, 0.29) is 15.7 Å². The first-order valence-electron chi connectivity index (χ1n) is 10.3. The fourth-order valence-corrected chi connectivity index (χ4v) is 4.91. The minimum absolute atomic E-state index is 0.140. The second kappa shape index (κ2) is 8.72. The van der Waals surface area contributed by atoms with Crippen molar-refractivity contribution in [2.45, 2.75) is 0 Å². The fourth-order valence-electron chi connectivity index (χ4n) is 3.97. The van der Waals surface area contributed by atoms with Gasteiger partial charge in [0.1, 0.15) is 11.5 Å². The second-order valence-electron chi connectivity index (χ2n) is 7.96. The third kappa shape index (κ3) is 4.41. The Morgan fingerprint density at radius 3 is 2.40 bits per heavy atom. The zero-order valence-electron chi connectivity index (χ0n) is 18.2. The molecule has 0 saturated carbocycles. The number of benzene rings is 3. The quantitative estimate of drug-likeness (QED) is 0.292. The molecular formula is C24H18BrClN5O3S+. The van der Waals surface area contributed by atoms with Crippen molar-refractivity contribution < 1.29 is 8.42 Å². The van der Waals surface area contributed by atoms with E-state index >= 15 is 0 Å². The Bertz CT molecular complexity index is 1640. The number of fused-ring (bicyclic) bond motifs is 1. The number of rotatable bonds is 5. The van der Waals surface area contributed by atoms with Gasteiger partial charge in [-0.2, -0.15) is 14.5 Å². The molecule has 3 aromatic carbocycles. The molecule has 176 valence electrons. The molecule has 0 radical (unpaired) electrons. The zero-order chi connectivity index (χ0) is 24.8. The van der Waals surface area contributed by atoms with E-state index in [0.29, 0.717) is 33.7 Å². The molecule has 0 bridgehead atoms. The number of nitrogens with zero attached hydrogens (tertiary/aromatic N) is 3. The van der Waals surface area contributed by atoms with E-state index < -0.39 is 10.0 Å². The zero-order valence-corrected chi connectivity index (χ0v) is 21.4. The standard InChI is InChI=1S/C24H17BrClN5O3S/c1-35(33,34)30-18-3-2-4-20(13-18)31(19-11-9-17(26)10-12-19)14-27-21-23(31)28-22(29-24(21)32)15-5-7-16(25)8-6-15/h2-14,30H,1H3/p+1. The summed E-state index contributed by atoms with van der Waals surface area (Å²) in [5.74, 6) is 0.763. The Kier molecular flexibility index (Phi) is 5.84. The van der Waals surface area contributed by atoms with E-state index in [0.717, 1.165) is 16.3 Å². The summed E-state index contributed by atoms with van der Waals surface area (Å²) in [6, 6.07) is 21.4. The lowest BCUT2D eigenvalue weighted by Gasteiger charge is -2.29. The summed E-state index contributed by atoms with van der Waals surface area (Å²) >= 11 is 9.58. The molecule has 8 nitrogen and oxygen atoms in total. The smallest absolute Gasteiger partial charge is 0.283 e. The highest BCUT2D eigenvalue weighted by Crippen LogP contribution is 2.49. The molecule has 4 aromatic rings. The molecule has 1 aliphatic rings. The highest BCUT2D eigenvalue weighted by Gasteiger charge is 2.45. The number of nitrogens with one attached hydrogen (secondary N) is 2. The van der Waals surface area contributed by atoms with E-state index in [4.69, 9.17) is 16.6 Å². The SMILES string of the molecule is CS(=O)(=O)Nc1cccc([N+]2(c3ccc(Cl)cc3)C=Nc3c2nc(-c2ccc(Br)cc2)[nH]c3=O)c1. The maximum absolute atomic E-state index is 13.1. The van der Waals surface area contributed by atoms with Crippen LogP contribution in [0.2, 0.25) is 5.02 Å². The molecule has 35 heavy (non-hydrogen) atoms. The molecule has 0 saturated heterocycles. The van der Waals surface area contributed by atoms with Gasteiger partial charge in [0.05, 0.1) is 11.9 Å². The molecule has 0 fully saturated rings. The average Bonchev–Trinajstić information content (AvgIpc) is 3.20. The monoisotopic (exact) mass is 570 g/mol. The third-order valence-electron chi connectivity index (χ3n) is 5.48. The topological polar surface area (TPSA) is 104 Å². The number of H-pyrrole nitrogens is 1. The predicted octanol–water partition coefficient (Wildman–Crippen LogP) is 5.87. The van der Waals surface area contributed by atoms with Crippen LogP contribution in [0.1, 0.15) is 0 Å². The van der Waals surface area contributed by atoms with Crippen molar-refractivity contribution in [1.82, 2.24) is 14.5 Å². The average molecular weight is 572 g/mol. The van der Waals surface area contributed by atoms with Gasteiger partial charge in [0.25, 0.3) is 11.4 Å². The first kappa shape index (κ1) is 23.4. The largest absolute Gasteiger partial charge is 0.304 e. The number of quaternary nitrogens is 1. The van der Waals surface area contributed by atoms with Gasteiger partial charge in [0.2, 0.25) is 22.0 Å². The second-order valence-corrected chi connectivity index (χ2v) is 11.1. The molecule has 1 aromatic heterocycles. The van der Waals surface area contributed by atoms with Crippen molar-refractivity contribution in [2.24, 2.45) is 4.99 Å². The molecule has 2 N–H and O–H groups in total. The third-order valence-corrected chi connectivity index (χ3v) is 6.87. The minimum Gasteiger partial charge on any atom is -0.304 e. The van der Waals surface area contributed by atoms with Crippen LogP contribution < -0.4 is 14.8 Å². The van der Waals surface area contributed by atoms with Gasteiger partial charge in [-0.1, -0.05) is 45.7 Å². The van der Waals surface area contributed by atoms with Crippen LogP contribution in [0.3, 0.4) is 0 Å². The van der Waals surface area contributed by atoms with Crippen LogP contribution in [0.25, 0.3) is 11.4 Å². The summed E-state index contributed by atoms with van der Waals surface area (Å²) in [4.78, 5) is 25.2. The fraction of sp³-hybridized carbons (Fsp3) is 0.0417. The van der Waals surface area contributed by atoms with E-state index in [1.54, 1.807) is 36.7 Å². The normalized spacial score (nSPS) is 16.8. The number of halogens is 2. The first-order valence-corrected chi connectivity index (χ1v) is 13.4. The van der Waals surface area contributed by atoms with Gasteiger partial charge < -0.3 is 4.98 Å². The predicted molar refractivity (Wildman–Crippen MR) is 144 cm³/mol. The van der Waals surface area contributed by atoms with Gasteiger partial charge >= 0.3 is 0 Å². The Morgan fingerprint density at radius 2 is 1.71 bits per heavy atom. The number of hydrogen-bond acceptors (Lipinski definition) is 5. The van der Waals surface area contributed by atoms with Gasteiger partial charge in [-0.25, -0.2) is 8.42 Å². The molecule has 11 heteroatoms. The lowest BCUT2D eigenvalue weighted by Crippen LogP contribution is -2.36. The minimum atomic E-state index is -3.50. The molecule has 0 amide bonds. The number of sulfonamides is 1. The van der Waals surface area contributed by atoms with Gasteiger partial charge in [-0.15, -0.1) is 0 Å². The highest BCUT2D eigenvalue weighted by atomic mass is 79.9. The van der Waals surface area contributed by atoms with Crippen LogP contribution in [-0.2, 0) is 10.0 Å². The number of hydrogen-bond donors (Lipinski definition) is 2. The molecule has 1 aliphatic heterocycles. The van der Waals surface area contributed by atoms with Gasteiger partial charge in [-0.3, -0.25) is 9.52 Å². The van der Waals surface area contributed by atoms with E-state index in [2.05, 4.69) is 30.6 Å². The lowest BCUT2D eigenvalue weighted by atomic mass is 10.1. The van der Waals surface area contributed by atoms with Gasteiger partial charge in [-0.05, 0) is 30.3 Å². The molecule has 1 atom stereocenters. The Balaban J connectivity index is 1.78. The number of anilines is 1.